The summed E-state index contributed by atoms with van der Waals surface area (Å²) in [5.74, 6) is 0.511. The van der Waals surface area contributed by atoms with E-state index < -0.39 is 4.92 Å². The van der Waals surface area contributed by atoms with Crippen molar-refractivity contribution in [2.45, 2.75) is 38.7 Å². The van der Waals surface area contributed by atoms with Crippen LogP contribution in [0.25, 0.3) is 0 Å². The minimum atomic E-state index is -0.402. The maximum atomic E-state index is 11.0. The molecule has 2 rings (SSSR count). The first-order chi connectivity index (χ1) is 10.2. The highest BCUT2D eigenvalue weighted by atomic mass is 16.6. The standard InChI is InChI=1S/C15H22N2O4/c1-2-6-16-12-8-13(17(18)19)10-15(9-12)21-11-14-5-3-4-7-20-14/h8-10,14,16H,2-7,11H2,1H3. The maximum Gasteiger partial charge on any atom is 0.275 e. The average Bonchev–Trinajstić information content (AvgIpc) is 2.51. The van der Waals surface area contributed by atoms with Crippen molar-refractivity contribution in [2.24, 2.45) is 0 Å². The van der Waals surface area contributed by atoms with Gasteiger partial charge in [-0.1, -0.05) is 6.92 Å². The minimum absolute atomic E-state index is 0.0377. The Kier molecular flexibility index (Phi) is 5.80. The average molecular weight is 294 g/mol. The number of anilines is 1. The lowest BCUT2D eigenvalue weighted by atomic mass is 10.1. The Morgan fingerprint density at radius 3 is 2.95 bits per heavy atom. The zero-order valence-corrected chi connectivity index (χ0v) is 12.3. The van der Waals surface area contributed by atoms with Crippen LogP contribution in [0.4, 0.5) is 11.4 Å². The number of nitrogens with one attached hydrogen (secondary N) is 1. The van der Waals surface area contributed by atoms with Crippen molar-refractivity contribution in [3.63, 3.8) is 0 Å². The summed E-state index contributed by atoms with van der Waals surface area (Å²) in [6, 6.07) is 4.78. The van der Waals surface area contributed by atoms with Gasteiger partial charge in [-0.05, 0) is 25.7 Å². The number of hydrogen-bond donors (Lipinski definition) is 1. The Morgan fingerprint density at radius 1 is 1.43 bits per heavy atom. The Balaban J connectivity index is 2.02. The van der Waals surface area contributed by atoms with Gasteiger partial charge < -0.3 is 14.8 Å². The van der Waals surface area contributed by atoms with Gasteiger partial charge in [0.1, 0.15) is 12.4 Å². The topological polar surface area (TPSA) is 73.6 Å². The Bertz CT molecular complexity index is 473. The SMILES string of the molecule is CCCNc1cc(OCC2CCCCO2)cc([N+](=O)[O-])c1. The summed E-state index contributed by atoms with van der Waals surface area (Å²) in [5, 5.41) is 14.1. The van der Waals surface area contributed by atoms with Gasteiger partial charge in [0, 0.05) is 31.0 Å². The van der Waals surface area contributed by atoms with Gasteiger partial charge in [-0.2, -0.15) is 0 Å². The second-order valence-electron chi connectivity index (χ2n) is 5.20. The van der Waals surface area contributed by atoms with Gasteiger partial charge in [-0.3, -0.25) is 10.1 Å². The van der Waals surface area contributed by atoms with Gasteiger partial charge in [0.15, 0.2) is 0 Å². The molecule has 0 amide bonds. The van der Waals surface area contributed by atoms with Crippen LogP contribution >= 0.6 is 0 Å². The number of non-ortho nitro benzene ring substituents is 1. The molecular weight excluding hydrogens is 272 g/mol. The van der Waals surface area contributed by atoms with Crippen molar-refractivity contribution in [3.05, 3.63) is 28.3 Å². The molecule has 1 aliphatic rings. The highest BCUT2D eigenvalue weighted by molar-refractivity contribution is 5.56. The molecule has 0 spiro atoms. The van der Waals surface area contributed by atoms with E-state index in [-0.39, 0.29) is 11.8 Å². The summed E-state index contributed by atoms with van der Waals surface area (Å²) in [6.07, 6.45) is 4.26. The van der Waals surface area contributed by atoms with Crippen LogP contribution in [0.1, 0.15) is 32.6 Å². The highest BCUT2D eigenvalue weighted by Gasteiger charge is 2.16. The first kappa shape index (κ1) is 15.6. The molecule has 1 atom stereocenters. The summed E-state index contributed by atoms with van der Waals surface area (Å²) < 4.78 is 11.3. The van der Waals surface area contributed by atoms with Crippen LogP contribution in [0.5, 0.6) is 5.75 Å². The predicted molar refractivity (Wildman–Crippen MR) is 81.0 cm³/mol. The fraction of sp³-hybridized carbons (Fsp3) is 0.600. The quantitative estimate of drug-likeness (QED) is 0.616. The molecule has 0 radical (unpaired) electrons. The zero-order chi connectivity index (χ0) is 15.1. The molecule has 1 aliphatic heterocycles. The fourth-order valence-electron chi connectivity index (χ4n) is 2.27. The molecule has 0 aromatic heterocycles. The Labute approximate surface area is 124 Å². The monoisotopic (exact) mass is 294 g/mol. The van der Waals surface area contributed by atoms with E-state index in [2.05, 4.69) is 5.32 Å². The van der Waals surface area contributed by atoms with Crippen molar-refractivity contribution < 1.29 is 14.4 Å². The summed E-state index contributed by atoms with van der Waals surface area (Å²) in [4.78, 5) is 10.6. The van der Waals surface area contributed by atoms with Gasteiger partial charge >= 0.3 is 0 Å². The smallest absolute Gasteiger partial charge is 0.275 e. The molecule has 0 aliphatic carbocycles. The molecular formula is C15H22N2O4. The molecule has 1 N–H and O–H groups in total. The summed E-state index contributed by atoms with van der Waals surface area (Å²) >= 11 is 0. The molecule has 1 heterocycles. The van der Waals surface area contributed by atoms with Crippen LogP contribution < -0.4 is 10.1 Å². The molecule has 6 heteroatoms. The largest absolute Gasteiger partial charge is 0.491 e. The lowest BCUT2D eigenvalue weighted by molar-refractivity contribution is -0.384. The van der Waals surface area contributed by atoms with Crippen LogP contribution in [-0.4, -0.2) is 30.8 Å². The first-order valence-corrected chi connectivity index (χ1v) is 7.47. The normalized spacial score (nSPS) is 18.2. The Hall–Kier alpha value is -1.82. The molecule has 1 fully saturated rings. The van der Waals surface area contributed by atoms with E-state index in [9.17, 15) is 10.1 Å². The number of hydrogen-bond acceptors (Lipinski definition) is 5. The zero-order valence-electron chi connectivity index (χ0n) is 12.3. The molecule has 1 aromatic carbocycles. The highest BCUT2D eigenvalue weighted by Crippen LogP contribution is 2.26. The second kappa shape index (κ2) is 7.83. The van der Waals surface area contributed by atoms with E-state index >= 15 is 0 Å². The van der Waals surface area contributed by atoms with E-state index in [1.54, 1.807) is 6.07 Å². The second-order valence-corrected chi connectivity index (χ2v) is 5.20. The van der Waals surface area contributed by atoms with E-state index in [1.165, 1.54) is 12.1 Å². The molecule has 0 saturated carbocycles. The van der Waals surface area contributed by atoms with Gasteiger partial charge in [0.25, 0.3) is 5.69 Å². The van der Waals surface area contributed by atoms with Gasteiger partial charge in [-0.25, -0.2) is 0 Å². The molecule has 1 unspecified atom stereocenters. The van der Waals surface area contributed by atoms with Crippen molar-refractivity contribution in [2.75, 3.05) is 25.1 Å². The van der Waals surface area contributed by atoms with Crippen LogP contribution in [0.2, 0.25) is 0 Å². The number of nitro groups is 1. The molecule has 6 nitrogen and oxygen atoms in total. The minimum Gasteiger partial charge on any atom is -0.491 e. The van der Waals surface area contributed by atoms with E-state index in [4.69, 9.17) is 9.47 Å². The predicted octanol–water partition coefficient (Wildman–Crippen LogP) is 3.36. The van der Waals surface area contributed by atoms with E-state index in [0.29, 0.717) is 18.0 Å². The lowest BCUT2D eigenvalue weighted by Gasteiger charge is -2.22. The summed E-state index contributed by atoms with van der Waals surface area (Å²) in [7, 11) is 0. The third-order valence-electron chi connectivity index (χ3n) is 3.39. The summed E-state index contributed by atoms with van der Waals surface area (Å²) in [5.41, 5.74) is 0.751. The molecule has 0 bridgehead atoms. The molecule has 21 heavy (non-hydrogen) atoms. The van der Waals surface area contributed by atoms with Crippen molar-refractivity contribution in [1.82, 2.24) is 0 Å². The van der Waals surface area contributed by atoms with Crippen LogP contribution in [-0.2, 0) is 4.74 Å². The van der Waals surface area contributed by atoms with Gasteiger partial charge in [-0.15, -0.1) is 0 Å². The number of benzene rings is 1. The van der Waals surface area contributed by atoms with E-state index in [0.717, 1.165) is 38.8 Å². The van der Waals surface area contributed by atoms with E-state index in [1.807, 2.05) is 6.92 Å². The first-order valence-electron chi connectivity index (χ1n) is 7.47. The number of ether oxygens (including phenoxy) is 2. The number of rotatable bonds is 7. The maximum absolute atomic E-state index is 11.0. The number of nitrogens with zero attached hydrogens (tertiary/aromatic N) is 1. The Morgan fingerprint density at radius 2 is 2.29 bits per heavy atom. The summed E-state index contributed by atoms with van der Waals surface area (Å²) in [6.45, 7) is 4.02. The van der Waals surface area contributed by atoms with Gasteiger partial charge in [0.2, 0.25) is 0 Å². The van der Waals surface area contributed by atoms with Gasteiger partial charge in [0.05, 0.1) is 17.1 Å². The lowest BCUT2D eigenvalue weighted by Crippen LogP contribution is -2.25. The fourth-order valence-corrected chi connectivity index (χ4v) is 2.27. The third kappa shape index (κ3) is 4.90. The molecule has 1 aromatic rings. The van der Waals surface area contributed by atoms with Crippen LogP contribution in [0.3, 0.4) is 0 Å². The molecule has 116 valence electrons. The third-order valence-corrected chi connectivity index (χ3v) is 3.39. The number of nitro benzene ring substituents is 1. The van der Waals surface area contributed by atoms with Crippen LogP contribution in [0.15, 0.2) is 18.2 Å². The van der Waals surface area contributed by atoms with Crippen molar-refractivity contribution in [1.29, 1.82) is 0 Å². The van der Waals surface area contributed by atoms with Crippen molar-refractivity contribution in [3.8, 4) is 5.75 Å². The molecule has 1 saturated heterocycles. The van der Waals surface area contributed by atoms with Crippen molar-refractivity contribution >= 4 is 11.4 Å². The van der Waals surface area contributed by atoms with Crippen LogP contribution in [0, 0.1) is 10.1 Å².